The Labute approximate surface area is 232 Å². The van der Waals surface area contributed by atoms with Crippen molar-refractivity contribution in [3.8, 4) is 5.69 Å². The van der Waals surface area contributed by atoms with Crippen molar-refractivity contribution in [2.75, 3.05) is 18.6 Å². The number of hydrogen-bond donors (Lipinski definition) is 1. The van der Waals surface area contributed by atoms with Crippen LogP contribution in [0, 0.1) is 24.7 Å². The van der Waals surface area contributed by atoms with E-state index in [1.165, 1.54) is 4.80 Å². The molecule has 2 aliphatic carbocycles. The van der Waals surface area contributed by atoms with Crippen LogP contribution >= 0.6 is 0 Å². The van der Waals surface area contributed by atoms with Gasteiger partial charge >= 0.3 is 0 Å². The van der Waals surface area contributed by atoms with E-state index in [1.54, 1.807) is 14.0 Å². The molecule has 0 radical (unpaired) electrons. The molecule has 1 aromatic heterocycles. The minimum Gasteiger partial charge on any atom is -0.497 e. The molecule has 0 atom stereocenters. The van der Waals surface area contributed by atoms with Gasteiger partial charge in [-0.1, -0.05) is 24.3 Å². The lowest BCUT2D eigenvalue weighted by Gasteiger charge is -2.36. The number of ether oxygens (including phenoxy) is 1. The molecular weight excluding hydrogens is 490 g/mol. The maximum absolute atomic E-state index is 13.9. The number of aryl methyl sites for hydroxylation is 1. The summed E-state index contributed by atoms with van der Waals surface area (Å²) in [7, 11) is 1.70. The molecule has 0 saturated heterocycles. The topological polar surface area (TPSA) is 93.4 Å². The van der Waals surface area contributed by atoms with Crippen LogP contribution in [0.15, 0.2) is 59.9 Å². The summed E-state index contributed by atoms with van der Waals surface area (Å²) in [5.74, 6) is 2.44. The Morgan fingerprint density at radius 1 is 1.10 bits per heavy atom. The highest BCUT2D eigenvalue weighted by atomic mass is 16.5. The number of nitrogens with zero attached hydrogens (tertiary/aromatic N) is 5. The van der Waals surface area contributed by atoms with E-state index >= 15 is 0 Å². The van der Waals surface area contributed by atoms with Crippen LogP contribution in [0.2, 0.25) is 0 Å². The molecular formula is C31H43N5O3. The van der Waals surface area contributed by atoms with E-state index in [4.69, 9.17) is 4.74 Å². The molecule has 2 aliphatic rings. The lowest BCUT2D eigenvalue weighted by molar-refractivity contribution is -0.124. The minimum absolute atomic E-state index is 0.0601. The minimum atomic E-state index is -0.290. The third-order valence-corrected chi connectivity index (χ3v) is 8.17. The molecule has 0 aliphatic heterocycles. The van der Waals surface area contributed by atoms with Gasteiger partial charge in [0.1, 0.15) is 5.76 Å². The van der Waals surface area contributed by atoms with Crippen molar-refractivity contribution in [3.63, 3.8) is 0 Å². The van der Waals surface area contributed by atoms with Crippen molar-refractivity contribution in [3.05, 3.63) is 65.7 Å². The van der Waals surface area contributed by atoms with Crippen LogP contribution in [0.4, 0.5) is 5.69 Å². The third-order valence-electron chi connectivity index (χ3n) is 8.17. The zero-order valence-corrected chi connectivity index (χ0v) is 23.8. The van der Waals surface area contributed by atoms with Crippen molar-refractivity contribution >= 4 is 11.6 Å². The number of aliphatic hydroxyl groups excluding tert-OH is 1. The first-order valence-corrected chi connectivity index (χ1v) is 14.2. The Bertz CT molecular complexity index is 1200. The average Bonchev–Trinajstić information content (AvgIpc) is 3.38. The smallest absolute Gasteiger partial charge is 0.230 e. The summed E-state index contributed by atoms with van der Waals surface area (Å²) in [5.41, 5.74) is 3.92. The van der Waals surface area contributed by atoms with Crippen molar-refractivity contribution in [2.45, 2.75) is 78.2 Å². The summed E-state index contributed by atoms with van der Waals surface area (Å²) in [4.78, 5) is 17.4. The Kier molecular flexibility index (Phi) is 9.73. The number of hydrogen-bond acceptors (Lipinski definition) is 6. The van der Waals surface area contributed by atoms with Gasteiger partial charge in [0.15, 0.2) is 5.82 Å². The van der Waals surface area contributed by atoms with E-state index in [0.717, 1.165) is 66.8 Å². The molecule has 1 N–H and O–H groups in total. The summed E-state index contributed by atoms with van der Waals surface area (Å²) in [6.07, 6.45) is 10.9. The first kappa shape index (κ1) is 28.7. The molecule has 39 heavy (non-hydrogen) atoms. The quantitative estimate of drug-likeness (QED) is 0.328. The second kappa shape index (κ2) is 13.2. The predicted octanol–water partition coefficient (Wildman–Crippen LogP) is 5.71. The van der Waals surface area contributed by atoms with Gasteiger partial charge in [-0.25, -0.2) is 0 Å². The van der Waals surface area contributed by atoms with E-state index < -0.39 is 0 Å². The van der Waals surface area contributed by atoms with Gasteiger partial charge in [-0.05, 0) is 119 Å². The number of rotatable bonds is 9. The molecule has 1 aromatic carbocycles. The highest BCUT2D eigenvalue weighted by molar-refractivity contribution is 5.95. The number of carbonyl (C=O) groups excluding carboxylic acids is 1. The fourth-order valence-corrected chi connectivity index (χ4v) is 5.78. The summed E-state index contributed by atoms with van der Waals surface area (Å²) in [6.45, 7) is 10.9. The fraction of sp³-hybridized carbons (Fsp3) is 0.548. The van der Waals surface area contributed by atoms with Crippen LogP contribution < -0.4 is 4.90 Å². The van der Waals surface area contributed by atoms with Gasteiger partial charge in [0.05, 0.1) is 18.9 Å². The monoisotopic (exact) mass is 533 g/mol. The summed E-state index contributed by atoms with van der Waals surface area (Å²) < 4.78 is 5.46. The highest BCUT2D eigenvalue weighted by Crippen LogP contribution is 2.36. The standard InChI is InChI=1S/C31H43N5O3/c1-21(2)30(39-5)18-9-22(3)25-12-10-24(11-13-25)20-35(31(38)26-14-16-29(37)17-15-26)27-7-6-8-28(19-27)36-33-23(4)32-34-36/h6-9,18-19,24-26,29,37H,3,10-17,20H2,1-2,4-5H3/b18-9-/t24-,25-,26-,29-. The largest absolute Gasteiger partial charge is 0.497 e. The van der Waals surface area contributed by atoms with Crippen molar-refractivity contribution in [1.29, 1.82) is 0 Å². The van der Waals surface area contributed by atoms with Gasteiger partial charge in [0.25, 0.3) is 0 Å². The van der Waals surface area contributed by atoms with Crippen LogP contribution in [0.5, 0.6) is 0 Å². The Morgan fingerprint density at radius 2 is 1.79 bits per heavy atom. The molecule has 2 fully saturated rings. The second-order valence-corrected chi connectivity index (χ2v) is 11.3. The van der Waals surface area contributed by atoms with Gasteiger partial charge < -0.3 is 14.7 Å². The molecule has 0 bridgehead atoms. The molecule has 2 aromatic rings. The van der Waals surface area contributed by atoms with Crippen molar-refractivity contribution in [1.82, 2.24) is 20.2 Å². The molecule has 210 valence electrons. The number of allylic oxidation sites excluding steroid dienone is 4. The normalized spacial score (nSPS) is 23.4. The number of benzene rings is 1. The lowest BCUT2D eigenvalue weighted by atomic mass is 9.78. The van der Waals surface area contributed by atoms with E-state index in [9.17, 15) is 9.90 Å². The van der Waals surface area contributed by atoms with E-state index in [2.05, 4.69) is 28.1 Å². The van der Waals surface area contributed by atoms with Crippen LogP contribution in [-0.2, 0) is 9.53 Å². The van der Waals surface area contributed by atoms with E-state index in [1.807, 2.05) is 49.1 Å². The second-order valence-electron chi connectivity index (χ2n) is 11.3. The molecule has 8 heteroatoms. The van der Waals surface area contributed by atoms with Gasteiger partial charge in [0.2, 0.25) is 5.91 Å². The summed E-state index contributed by atoms with van der Waals surface area (Å²) in [6, 6.07) is 7.85. The maximum Gasteiger partial charge on any atom is 0.230 e. The number of amides is 1. The van der Waals surface area contributed by atoms with Crippen LogP contribution in [0.1, 0.15) is 71.0 Å². The van der Waals surface area contributed by atoms with Gasteiger partial charge in [-0.15, -0.1) is 15.0 Å². The Balaban J connectivity index is 1.47. The molecule has 8 nitrogen and oxygen atoms in total. The SMILES string of the molecule is C=C(/C=C\C(OC)=C(C)C)[C@H]1CC[C@H](CN(c2cccc(-n3nnc(C)n3)c2)C(=O)[C@H]2CC[C@H](O)CC2)CC1. The molecule has 2 saturated carbocycles. The average molecular weight is 534 g/mol. The fourth-order valence-electron chi connectivity index (χ4n) is 5.78. The van der Waals surface area contributed by atoms with Crippen LogP contribution in [-0.4, -0.2) is 51.0 Å². The molecule has 1 amide bonds. The zero-order chi connectivity index (χ0) is 27.9. The number of carbonyl (C=O) groups is 1. The summed E-state index contributed by atoms with van der Waals surface area (Å²) >= 11 is 0. The number of aromatic nitrogens is 4. The number of tetrazole rings is 1. The number of methoxy groups -OCH3 is 1. The Morgan fingerprint density at radius 3 is 2.41 bits per heavy atom. The van der Waals surface area contributed by atoms with Crippen LogP contribution in [0.3, 0.4) is 0 Å². The zero-order valence-electron chi connectivity index (χ0n) is 23.8. The molecule has 4 rings (SSSR count). The molecule has 0 unspecified atom stereocenters. The molecule has 0 spiro atoms. The van der Waals surface area contributed by atoms with E-state index in [-0.39, 0.29) is 17.9 Å². The van der Waals surface area contributed by atoms with Gasteiger partial charge in [0, 0.05) is 18.2 Å². The first-order chi connectivity index (χ1) is 18.7. The number of anilines is 1. The third kappa shape index (κ3) is 7.44. The van der Waals surface area contributed by atoms with Crippen LogP contribution in [0.25, 0.3) is 5.69 Å². The summed E-state index contributed by atoms with van der Waals surface area (Å²) in [5, 5.41) is 22.5. The van der Waals surface area contributed by atoms with Crippen molar-refractivity contribution in [2.24, 2.45) is 17.8 Å². The van der Waals surface area contributed by atoms with Gasteiger partial charge in [-0.2, -0.15) is 0 Å². The predicted molar refractivity (Wildman–Crippen MR) is 153 cm³/mol. The first-order valence-electron chi connectivity index (χ1n) is 14.2. The molecule has 1 heterocycles. The maximum atomic E-state index is 13.9. The Hall–Kier alpha value is -3.26. The lowest BCUT2D eigenvalue weighted by Crippen LogP contribution is -2.42. The van der Waals surface area contributed by atoms with E-state index in [0.29, 0.717) is 37.0 Å². The van der Waals surface area contributed by atoms with Gasteiger partial charge in [-0.3, -0.25) is 4.79 Å². The number of aliphatic hydroxyl groups is 1. The van der Waals surface area contributed by atoms with Crippen molar-refractivity contribution < 1.29 is 14.6 Å². The highest BCUT2D eigenvalue weighted by Gasteiger charge is 2.32.